The predicted molar refractivity (Wildman–Crippen MR) is 115 cm³/mol. The van der Waals surface area contributed by atoms with Crippen molar-refractivity contribution in [1.82, 2.24) is 4.57 Å². The molecule has 0 aliphatic heterocycles. The van der Waals surface area contributed by atoms with Gasteiger partial charge in [-0.3, -0.25) is 0 Å². The van der Waals surface area contributed by atoms with E-state index in [4.69, 9.17) is 4.42 Å². The molecule has 29 heavy (non-hydrogen) atoms. The fourth-order valence-corrected chi connectivity index (χ4v) is 4.78. The summed E-state index contributed by atoms with van der Waals surface area (Å²) in [6.45, 7) is 0. The average molecular weight is 379 g/mol. The number of para-hydroxylation sites is 4. The third-order valence-corrected chi connectivity index (χ3v) is 6.13. The van der Waals surface area contributed by atoms with Crippen LogP contribution in [0.1, 0.15) is 0 Å². The van der Waals surface area contributed by atoms with Crippen molar-refractivity contribution in [2.75, 3.05) is 0 Å². The zero-order chi connectivity index (χ0) is 19.7. The van der Waals surface area contributed by atoms with E-state index in [1.165, 1.54) is 27.3 Å². The third kappa shape index (κ3) is 2.03. The predicted octanol–water partition coefficient (Wildman–Crippen LogP) is 4.55. The van der Waals surface area contributed by atoms with Gasteiger partial charge in [0.1, 0.15) is 12.6 Å². The van der Waals surface area contributed by atoms with E-state index in [9.17, 15) is 0 Å². The van der Waals surface area contributed by atoms with Gasteiger partial charge in [-0.25, -0.2) is 9.13 Å². The highest BCUT2D eigenvalue weighted by atomic mass is 16.3. The first-order chi connectivity index (χ1) is 14.2. The minimum atomic E-state index is 0.918. The molecule has 0 N–H and O–H groups in total. The van der Waals surface area contributed by atoms with Crippen molar-refractivity contribution in [2.24, 2.45) is 21.1 Å². The second-order valence-corrected chi connectivity index (χ2v) is 7.66. The molecule has 4 heteroatoms. The molecule has 0 aliphatic rings. The maximum absolute atomic E-state index is 6.49. The van der Waals surface area contributed by atoms with Crippen LogP contribution in [0.15, 0.2) is 77.2 Å². The van der Waals surface area contributed by atoms with Crippen LogP contribution >= 0.6 is 0 Å². The van der Waals surface area contributed by atoms with Crippen LogP contribution in [0, 0.1) is 0 Å². The second-order valence-electron chi connectivity index (χ2n) is 7.66. The minimum Gasteiger partial charge on any atom is -0.449 e. The van der Waals surface area contributed by atoms with Gasteiger partial charge in [0.05, 0.1) is 19.5 Å². The summed E-state index contributed by atoms with van der Waals surface area (Å²) < 4.78 is 13.3. The number of fused-ring (bicyclic) bond motifs is 6. The summed E-state index contributed by atoms with van der Waals surface area (Å²) in [6, 6.07) is 25.4. The van der Waals surface area contributed by atoms with E-state index < -0.39 is 0 Å². The lowest BCUT2D eigenvalue weighted by Gasteiger charge is -2.04. The van der Waals surface area contributed by atoms with Crippen LogP contribution in [0.25, 0.3) is 55.4 Å². The van der Waals surface area contributed by atoms with Crippen LogP contribution in [0.2, 0.25) is 0 Å². The number of rotatable bonds is 1. The van der Waals surface area contributed by atoms with E-state index >= 15 is 0 Å². The van der Waals surface area contributed by atoms with Crippen LogP contribution in [0.3, 0.4) is 0 Å². The van der Waals surface area contributed by atoms with Crippen molar-refractivity contribution in [1.29, 1.82) is 0 Å². The van der Waals surface area contributed by atoms with E-state index in [1.807, 2.05) is 6.07 Å². The molecule has 3 aromatic heterocycles. The van der Waals surface area contributed by atoms with Crippen molar-refractivity contribution in [3.05, 3.63) is 72.8 Å². The molecule has 0 atom stereocenters. The van der Waals surface area contributed by atoms with E-state index in [2.05, 4.69) is 102 Å². The highest BCUT2D eigenvalue weighted by Crippen LogP contribution is 2.37. The van der Waals surface area contributed by atoms with E-state index in [1.54, 1.807) is 0 Å². The van der Waals surface area contributed by atoms with Crippen molar-refractivity contribution in [3.63, 3.8) is 0 Å². The molecule has 0 bridgehead atoms. The molecule has 6 aromatic rings. The molecule has 6 rings (SSSR count). The maximum Gasteiger partial charge on any atom is 0.359 e. The minimum absolute atomic E-state index is 0.918. The number of aryl methyl sites for hydroxylation is 3. The van der Waals surface area contributed by atoms with E-state index in [0.29, 0.717) is 0 Å². The smallest absolute Gasteiger partial charge is 0.359 e. The Morgan fingerprint density at radius 3 is 2.17 bits per heavy atom. The van der Waals surface area contributed by atoms with Gasteiger partial charge < -0.3 is 4.42 Å². The molecule has 0 fully saturated rings. The first kappa shape index (κ1) is 16.3. The maximum atomic E-state index is 6.49. The van der Waals surface area contributed by atoms with Crippen molar-refractivity contribution >= 4 is 43.9 Å². The molecule has 3 heterocycles. The Labute approximate surface area is 167 Å². The summed E-state index contributed by atoms with van der Waals surface area (Å²) in [5.74, 6) is 1.11. The molecule has 0 unspecified atom stereocenters. The highest BCUT2D eigenvalue weighted by molar-refractivity contribution is 6.19. The Morgan fingerprint density at radius 1 is 0.724 bits per heavy atom. The van der Waals surface area contributed by atoms with Crippen LogP contribution < -0.4 is 9.13 Å². The van der Waals surface area contributed by atoms with Gasteiger partial charge in [0, 0.05) is 16.8 Å². The molecule has 0 radical (unpaired) electrons. The fourth-order valence-electron chi connectivity index (χ4n) is 4.78. The van der Waals surface area contributed by atoms with Crippen LogP contribution in [0.5, 0.6) is 0 Å². The molecule has 0 spiro atoms. The second kappa shape index (κ2) is 5.67. The number of benzene rings is 3. The molecule has 0 amide bonds. The summed E-state index contributed by atoms with van der Waals surface area (Å²) in [7, 11) is 6.38. The van der Waals surface area contributed by atoms with Crippen LogP contribution in [-0.2, 0) is 21.1 Å². The Kier molecular flexibility index (Phi) is 3.19. The Balaban J connectivity index is 1.91. The number of furan rings is 1. The van der Waals surface area contributed by atoms with Crippen LogP contribution in [-0.4, -0.2) is 4.57 Å². The van der Waals surface area contributed by atoms with Gasteiger partial charge in [-0.2, -0.15) is 4.57 Å². The standard InChI is InChI=1S/C25H21N3O/c1-26-18-12-6-4-10-16(18)22-17-11-5-9-15-21(17)29-24(22)23(26)25-27(2)19-13-7-8-14-20(19)28(25)3/h4-15H,1-3H3/q+2. The molecule has 0 saturated heterocycles. The van der Waals surface area contributed by atoms with Crippen LogP contribution in [0.4, 0.5) is 0 Å². The Morgan fingerprint density at radius 2 is 1.38 bits per heavy atom. The zero-order valence-corrected chi connectivity index (χ0v) is 16.7. The summed E-state index contributed by atoms with van der Waals surface area (Å²) in [5.41, 5.74) is 6.50. The van der Waals surface area contributed by atoms with Crippen molar-refractivity contribution in [3.8, 4) is 11.5 Å². The number of aromatic nitrogens is 3. The number of pyridine rings is 1. The molecule has 3 aromatic carbocycles. The third-order valence-electron chi connectivity index (χ3n) is 6.13. The number of hydrogen-bond acceptors (Lipinski definition) is 1. The molecule has 4 nitrogen and oxygen atoms in total. The average Bonchev–Trinajstić information content (AvgIpc) is 3.26. The van der Waals surface area contributed by atoms with Gasteiger partial charge in [-0.05, 0) is 24.3 Å². The molecular formula is C25H21N3O+2. The summed E-state index contributed by atoms with van der Waals surface area (Å²) in [4.78, 5) is 0. The molecule has 0 aliphatic carbocycles. The summed E-state index contributed by atoms with van der Waals surface area (Å²) >= 11 is 0. The lowest BCUT2D eigenvalue weighted by molar-refractivity contribution is -0.664. The highest BCUT2D eigenvalue weighted by Gasteiger charge is 2.35. The van der Waals surface area contributed by atoms with E-state index in [-0.39, 0.29) is 0 Å². The Bertz CT molecular complexity index is 1550. The topological polar surface area (TPSA) is 25.8 Å². The number of nitrogens with zero attached hydrogens (tertiary/aromatic N) is 3. The van der Waals surface area contributed by atoms with Crippen molar-refractivity contribution < 1.29 is 13.6 Å². The first-order valence-corrected chi connectivity index (χ1v) is 9.82. The molecule has 0 saturated carbocycles. The fraction of sp³-hybridized carbons (Fsp3) is 0.120. The lowest BCUT2D eigenvalue weighted by Crippen LogP contribution is -2.39. The van der Waals surface area contributed by atoms with Gasteiger partial charge in [0.25, 0.3) is 0 Å². The summed E-state index contributed by atoms with van der Waals surface area (Å²) in [5, 5.41) is 3.54. The normalized spacial score (nSPS) is 12.0. The van der Waals surface area contributed by atoms with Crippen molar-refractivity contribution in [2.45, 2.75) is 0 Å². The Hall–Kier alpha value is -3.66. The van der Waals surface area contributed by atoms with Gasteiger partial charge in [0.15, 0.2) is 11.0 Å². The monoisotopic (exact) mass is 379 g/mol. The van der Waals surface area contributed by atoms with E-state index in [0.717, 1.165) is 28.1 Å². The van der Waals surface area contributed by atoms with Gasteiger partial charge >= 0.3 is 11.5 Å². The SMILES string of the molecule is Cn1c(-c2c3oc4ccccc4c3c3ccccc3[n+]2C)[n+](C)c2ccccc21. The van der Waals surface area contributed by atoms with Gasteiger partial charge in [-0.1, -0.05) is 42.5 Å². The largest absolute Gasteiger partial charge is 0.449 e. The molecule has 140 valence electrons. The first-order valence-electron chi connectivity index (χ1n) is 9.82. The lowest BCUT2D eigenvalue weighted by atomic mass is 10.1. The summed E-state index contributed by atoms with van der Waals surface area (Å²) in [6.07, 6.45) is 0. The molecular weight excluding hydrogens is 358 g/mol. The number of hydrogen-bond donors (Lipinski definition) is 0. The number of imidazole rings is 1. The zero-order valence-electron chi connectivity index (χ0n) is 16.7. The van der Waals surface area contributed by atoms with Gasteiger partial charge in [-0.15, -0.1) is 0 Å². The van der Waals surface area contributed by atoms with Gasteiger partial charge in [0.2, 0.25) is 11.1 Å². The quantitative estimate of drug-likeness (QED) is 0.385.